The average molecular weight is 196 g/mol. The van der Waals surface area contributed by atoms with Gasteiger partial charge >= 0.3 is 0 Å². The van der Waals surface area contributed by atoms with E-state index in [9.17, 15) is 0 Å². The van der Waals surface area contributed by atoms with Gasteiger partial charge in [-0.3, -0.25) is 0 Å². The molecule has 2 fully saturated rings. The third kappa shape index (κ3) is 2.29. The largest absolute Gasteiger partial charge is 0.328 e. The van der Waals surface area contributed by atoms with Crippen molar-refractivity contribution in [1.29, 1.82) is 0 Å². The van der Waals surface area contributed by atoms with Gasteiger partial charge in [0.1, 0.15) is 0 Å². The number of likely N-dealkylation sites (tertiary alicyclic amines) is 1. The van der Waals surface area contributed by atoms with Crippen molar-refractivity contribution in [2.75, 3.05) is 13.1 Å². The molecule has 1 aliphatic carbocycles. The van der Waals surface area contributed by atoms with E-state index in [1.54, 1.807) is 0 Å². The molecule has 2 aliphatic rings. The van der Waals surface area contributed by atoms with Crippen LogP contribution < -0.4 is 5.73 Å². The van der Waals surface area contributed by atoms with Crippen LogP contribution in [0.15, 0.2) is 0 Å². The summed E-state index contributed by atoms with van der Waals surface area (Å²) in [4.78, 5) is 2.68. The normalized spacial score (nSPS) is 44.8. The van der Waals surface area contributed by atoms with Crippen LogP contribution in [-0.4, -0.2) is 30.1 Å². The Labute approximate surface area is 87.8 Å². The van der Waals surface area contributed by atoms with Gasteiger partial charge in [0.2, 0.25) is 0 Å². The Morgan fingerprint density at radius 3 is 2.50 bits per heavy atom. The number of hydrogen-bond acceptors (Lipinski definition) is 2. The van der Waals surface area contributed by atoms with Gasteiger partial charge in [0.25, 0.3) is 0 Å². The van der Waals surface area contributed by atoms with E-state index in [0.717, 1.165) is 17.9 Å². The summed E-state index contributed by atoms with van der Waals surface area (Å²) >= 11 is 0. The van der Waals surface area contributed by atoms with Crippen molar-refractivity contribution >= 4 is 0 Å². The van der Waals surface area contributed by atoms with Gasteiger partial charge in [-0.15, -0.1) is 0 Å². The molecule has 1 saturated carbocycles. The molecule has 82 valence electrons. The van der Waals surface area contributed by atoms with Crippen molar-refractivity contribution in [2.24, 2.45) is 17.6 Å². The van der Waals surface area contributed by atoms with Crippen molar-refractivity contribution in [3.8, 4) is 0 Å². The Hall–Kier alpha value is -0.0800. The molecule has 0 aromatic heterocycles. The topological polar surface area (TPSA) is 29.3 Å². The first-order valence-corrected chi connectivity index (χ1v) is 6.14. The second kappa shape index (κ2) is 4.19. The van der Waals surface area contributed by atoms with Gasteiger partial charge < -0.3 is 10.6 Å². The molecule has 1 saturated heterocycles. The molecule has 0 amide bonds. The second-order valence-electron chi connectivity index (χ2n) is 5.57. The Kier molecular flexibility index (Phi) is 3.13. The predicted molar refractivity (Wildman–Crippen MR) is 60.1 cm³/mol. The maximum Gasteiger partial charge on any atom is 0.00695 e. The maximum absolute atomic E-state index is 5.81. The van der Waals surface area contributed by atoms with Crippen LogP contribution in [0, 0.1) is 11.8 Å². The lowest BCUT2D eigenvalue weighted by Gasteiger charge is -2.42. The predicted octanol–water partition coefficient (Wildman–Crippen LogP) is 1.84. The molecule has 0 radical (unpaired) electrons. The van der Waals surface area contributed by atoms with E-state index in [-0.39, 0.29) is 0 Å². The van der Waals surface area contributed by atoms with Crippen molar-refractivity contribution in [3.63, 3.8) is 0 Å². The molecular weight excluding hydrogens is 172 g/mol. The van der Waals surface area contributed by atoms with Gasteiger partial charge in [-0.2, -0.15) is 0 Å². The van der Waals surface area contributed by atoms with Crippen LogP contribution in [0.1, 0.15) is 39.5 Å². The summed E-state index contributed by atoms with van der Waals surface area (Å²) in [6.45, 7) is 7.39. The second-order valence-corrected chi connectivity index (χ2v) is 5.57. The summed E-state index contributed by atoms with van der Waals surface area (Å²) in [5, 5.41) is 0. The molecule has 0 bridgehead atoms. The van der Waals surface area contributed by atoms with Crippen molar-refractivity contribution in [2.45, 2.75) is 51.6 Å². The van der Waals surface area contributed by atoms with E-state index < -0.39 is 0 Å². The first-order valence-electron chi connectivity index (χ1n) is 6.14. The number of nitrogens with two attached hydrogens (primary N) is 1. The molecule has 2 rings (SSSR count). The highest BCUT2D eigenvalue weighted by Gasteiger charge is 2.30. The molecule has 1 heterocycles. The summed E-state index contributed by atoms with van der Waals surface area (Å²) in [7, 11) is 0. The van der Waals surface area contributed by atoms with Crippen molar-refractivity contribution in [1.82, 2.24) is 4.90 Å². The number of piperidine rings is 1. The van der Waals surface area contributed by atoms with Gasteiger partial charge in [0.15, 0.2) is 0 Å². The molecule has 2 unspecified atom stereocenters. The molecule has 0 spiro atoms. The highest BCUT2D eigenvalue weighted by molar-refractivity contribution is 4.87. The van der Waals surface area contributed by atoms with Crippen LogP contribution in [0.3, 0.4) is 0 Å². The van der Waals surface area contributed by atoms with Crippen molar-refractivity contribution in [3.05, 3.63) is 0 Å². The van der Waals surface area contributed by atoms with Crippen LogP contribution in [0.25, 0.3) is 0 Å². The zero-order chi connectivity index (χ0) is 10.1. The lowest BCUT2D eigenvalue weighted by atomic mass is 9.79. The molecule has 2 atom stereocenters. The highest BCUT2D eigenvalue weighted by Crippen LogP contribution is 2.30. The summed E-state index contributed by atoms with van der Waals surface area (Å²) in [6.07, 6.45) is 5.30. The molecule has 2 nitrogen and oxygen atoms in total. The minimum absolute atomic E-state index is 0.513. The molecular formula is C12H24N2. The van der Waals surface area contributed by atoms with Gasteiger partial charge in [-0.05, 0) is 51.0 Å². The number of nitrogens with zero attached hydrogens (tertiary/aromatic N) is 1. The number of rotatable bonds is 2. The minimum atomic E-state index is 0.513. The maximum atomic E-state index is 5.81. The highest BCUT2D eigenvalue weighted by atomic mass is 15.2. The standard InChI is InChI=1S/C12H24N2/c1-9-3-4-14(10(2)5-9)8-11-6-12(13)7-11/h9-12H,3-8,13H2,1-2H3. The monoisotopic (exact) mass is 196 g/mol. The zero-order valence-electron chi connectivity index (χ0n) is 9.58. The lowest BCUT2D eigenvalue weighted by molar-refractivity contribution is 0.0826. The molecule has 14 heavy (non-hydrogen) atoms. The van der Waals surface area contributed by atoms with E-state index in [1.165, 1.54) is 38.8 Å². The van der Waals surface area contributed by atoms with E-state index in [4.69, 9.17) is 5.73 Å². The first-order chi connectivity index (χ1) is 6.65. The van der Waals surface area contributed by atoms with Crippen LogP contribution in [0.4, 0.5) is 0 Å². The van der Waals surface area contributed by atoms with Crippen LogP contribution in [0.2, 0.25) is 0 Å². The minimum Gasteiger partial charge on any atom is -0.328 e. The van der Waals surface area contributed by atoms with Gasteiger partial charge in [-0.25, -0.2) is 0 Å². The molecule has 1 aliphatic heterocycles. The Balaban J connectivity index is 1.75. The first kappa shape index (κ1) is 10.4. The van der Waals surface area contributed by atoms with E-state index in [0.29, 0.717) is 6.04 Å². The molecule has 0 aromatic rings. The quantitative estimate of drug-likeness (QED) is 0.730. The molecule has 2 N–H and O–H groups in total. The third-order valence-corrected chi connectivity index (χ3v) is 4.04. The Bertz CT molecular complexity index is 187. The SMILES string of the molecule is CC1CCN(CC2CC(N)C2)C(C)C1. The zero-order valence-corrected chi connectivity index (χ0v) is 9.58. The van der Waals surface area contributed by atoms with E-state index in [2.05, 4.69) is 18.7 Å². The smallest absolute Gasteiger partial charge is 0.00695 e. The summed E-state index contributed by atoms with van der Waals surface area (Å²) in [5.74, 6) is 1.84. The summed E-state index contributed by atoms with van der Waals surface area (Å²) in [5.41, 5.74) is 5.81. The fraction of sp³-hybridized carbons (Fsp3) is 1.00. The van der Waals surface area contributed by atoms with Crippen LogP contribution in [0.5, 0.6) is 0 Å². The van der Waals surface area contributed by atoms with Crippen LogP contribution in [-0.2, 0) is 0 Å². The lowest BCUT2D eigenvalue weighted by Crippen LogP contribution is -2.47. The fourth-order valence-electron chi connectivity index (χ4n) is 3.00. The van der Waals surface area contributed by atoms with Gasteiger partial charge in [0, 0.05) is 18.6 Å². The van der Waals surface area contributed by atoms with E-state index >= 15 is 0 Å². The summed E-state index contributed by atoms with van der Waals surface area (Å²) in [6, 6.07) is 1.31. The Morgan fingerprint density at radius 1 is 1.21 bits per heavy atom. The van der Waals surface area contributed by atoms with Gasteiger partial charge in [0.05, 0.1) is 0 Å². The fourth-order valence-corrected chi connectivity index (χ4v) is 3.00. The molecule has 0 aromatic carbocycles. The molecule has 2 heteroatoms. The number of hydrogen-bond donors (Lipinski definition) is 1. The van der Waals surface area contributed by atoms with Gasteiger partial charge in [-0.1, -0.05) is 6.92 Å². The average Bonchev–Trinajstić information content (AvgIpc) is 2.06. The third-order valence-electron chi connectivity index (χ3n) is 4.04. The Morgan fingerprint density at radius 2 is 1.93 bits per heavy atom. The van der Waals surface area contributed by atoms with Crippen LogP contribution >= 0.6 is 0 Å². The summed E-state index contributed by atoms with van der Waals surface area (Å²) < 4.78 is 0. The van der Waals surface area contributed by atoms with E-state index in [1.807, 2.05) is 0 Å². The van der Waals surface area contributed by atoms with Crippen molar-refractivity contribution < 1.29 is 0 Å².